The third-order valence-corrected chi connectivity index (χ3v) is 6.60. The fraction of sp³-hybridized carbons (Fsp3) is 0.947. The molecule has 3 aliphatic carbocycles. The maximum Gasteiger partial charge on any atom is 0.223 e. The van der Waals surface area contributed by atoms with E-state index in [1.54, 1.807) is 0 Å². The predicted molar refractivity (Wildman–Crippen MR) is 89.9 cm³/mol. The first-order valence-electron chi connectivity index (χ1n) is 9.95. The quantitative estimate of drug-likeness (QED) is 0.817. The lowest BCUT2D eigenvalue weighted by Gasteiger charge is -2.41. The molecular weight excluding hydrogens is 288 g/mol. The van der Waals surface area contributed by atoms with Gasteiger partial charge in [0, 0.05) is 31.1 Å². The highest BCUT2D eigenvalue weighted by atomic mass is 16.3. The van der Waals surface area contributed by atoms with Gasteiger partial charge >= 0.3 is 0 Å². The third-order valence-electron chi connectivity index (χ3n) is 6.60. The van der Waals surface area contributed by atoms with Crippen LogP contribution in [-0.2, 0) is 4.79 Å². The largest absolute Gasteiger partial charge is 0.391 e. The molecule has 0 bridgehead atoms. The molecule has 130 valence electrons. The highest BCUT2D eigenvalue weighted by Gasteiger charge is 2.46. The zero-order valence-electron chi connectivity index (χ0n) is 14.3. The zero-order chi connectivity index (χ0) is 15.8. The number of hydrogen-bond donors (Lipinski definition) is 2. The number of likely N-dealkylation sites (tertiary alicyclic amines) is 1. The maximum atomic E-state index is 12.6. The number of rotatable bonds is 5. The molecule has 0 aromatic heterocycles. The smallest absolute Gasteiger partial charge is 0.223 e. The standard InChI is InChI=1S/C19H32N2O2/c22-17-4-2-1-3-16(17)21-11-9-15(10-12-21)20-19(23)18(13-5-6-13)14-7-8-14/h13-18,22H,1-12H2,(H,20,23). The number of amides is 1. The number of aliphatic hydroxyl groups excluding tert-OH is 1. The highest BCUT2D eigenvalue weighted by molar-refractivity contribution is 5.80. The summed E-state index contributed by atoms with van der Waals surface area (Å²) in [5, 5.41) is 13.6. The van der Waals surface area contributed by atoms with Crippen molar-refractivity contribution in [3.8, 4) is 0 Å². The molecule has 0 aromatic rings. The Balaban J connectivity index is 1.25. The van der Waals surface area contributed by atoms with Gasteiger partial charge in [-0.25, -0.2) is 0 Å². The van der Waals surface area contributed by atoms with Crippen molar-refractivity contribution in [3.05, 3.63) is 0 Å². The van der Waals surface area contributed by atoms with Crippen LogP contribution >= 0.6 is 0 Å². The van der Waals surface area contributed by atoms with E-state index in [-0.39, 0.29) is 6.10 Å². The van der Waals surface area contributed by atoms with Gasteiger partial charge in [-0.2, -0.15) is 0 Å². The lowest BCUT2D eigenvalue weighted by Crippen LogP contribution is -2.52. The molecule has 3 saturated carbocycles. The molecular formula is C19H32N2O2. The molecule has 1 saturated heterocycles. The van der Waals surface area contributed by atoms with Crippen LogP contribution in [0.4, 0.5) is 0 Å². The molecule has 0 aromatic carbocycles. The number of aliphatic hydroxyl groups is 1. The van der Waals surface area contributed by atoms with Gasteiger partial charge in [-0.05, 0) is 63.2 Å². The van der Waals surface area contributed by atoms with Crippen molar-refractivity contribution < 1.29 is 9.90 Å². The van der Waals surface area contributed by atoms with Crippen molar-refractivity contribution >= 4 is 5.91 Å². The average Bonchev–Trinajstić information content (AvgIpc) is 3.44. The topological polar surface area (TPSA) is 52.6 Å². The van der Waals surface area contributed by atoms with Crippen LogP contribution in [0.1, 0.15) is 64.2 Å². The van der Waals surface area contributed by atoms with Gasteiger partial charge in [-0.15, -0.1) is 0 Å². The summed E-state index contributed by atoms with van der Waals surface area (Å²) in [5.41, 5.74) is 0. The second kappa shape index (κ2) is 6.72. The summed E-state index contributed by atoms with van der Waals surface area (Å²) >= 11 is 0. The van der Waals surface area contributed by atoms with Gasteiger partial charge in [0.15, 0.2) is 0 Å². The molecule has 2 N–H and O–H groups in total. The Morgan fingerprint density at radius 2 is 1.52 bits per heavy atom. The number of nitrogens with zero attached hydrogens (tertiary/aromatic N) is 1. The minimum Gasteiger partial charge on any atom is -0.391 e. The van der Waals surface area contributed by atoms with Crippen LogP contribution in [0.5, 0.6) is 0 Å². The van der Waals surface area contributed by atoms with Crippen molar-refractivity contribution in [2.45, 2.75) is 82.4 Å². The minimum absolute atomic E-state index is 0.135. The maximum absolute atomic E-state index is 12.6. The van der Waals surface area contributed by atoms with Crippen LogP contribution in [0.25, 0.3) is 0 Å². The number of carbonyl (C=O) groups is 1. The molecule has 4 heteroatoms. The van der Waals surface area contributed by atoms with Gasteiger partial charge in [0.2, 0.25) is 5.91 Å². The van der Waals surface area contributed by atoms with Crippen LogP contribution < -0.4 is 5.32 Å². The van der Waals surface area contributed by atoms with Crippen LogP contribution in [0, 0.1) is 17.8 Å². The molecule has 4 fully saturated rings. The molecule has 1 aliphatic heterocycles. The van der Waals surface area contributed by atoms with Gasteiger partial charge < -0.3 is 10.4 Å². The first-order valence-corrected chi connectivity index (χ1v) is 9.95. The molecule has 4 nitrogen and oxygen atoms in total. The van der Waals surface area contributed by atoms with E-state index in [0.29, 0.717) is 35.7 Å². The normalized spacial score (nSPS) is 33.8. The lowest BCUT2D eigenvalue weighted by atomic mass is 9.89. The monoisotopic (exact) mass is 320 g/mol. The highest BCUT2D eigenvalue weighted by Crippen LogP contribution is 2.49. The van der Waals surface area contributed by atoms with Crippen molar-refractivity contribution in [2.75, 3.05) is 13.1 Å². The van der Waals surface area contributed by atoms with E-state index in [9.17, 15) is 9.90 Å². The van der Waals surface area contributed by atoms with E-state index in [0.717, 1.165) is 38.8 Å². The minimum atomic E-state index is -0.135. The van der Waals surface area contributed by atoms with Gasteiger partial charge in [-0.1, -0.05) is 12.8 Å². The van der Waals surface area contributed by atoms with E-state index in [1.807, 2.05) is 0 Å². The van der Waals surface area contributed by atoms with Crippen molar-refractivity contribution in [3.63, 3.8) is 0 Å². The van der Waals surface area contributed by atoms with Crippen LogP contribution in [0.2, 0.25) is 0 Å². The van der Waals surface area contributed by atoms with Crippen LogP contribution in [-0.4, -0.2) is 47.2 Å². The van der Waals surface area contributed by atoms with E-state index < -0.39 is 0 Å². The van der Waals surface area contributed by atoms with Gasteiger partial charge in [0.05, 0.1) is 6.10 Å². The Morgan fingerprint density at radius 1 is 0.913 bits per heavy atom. The second-order valence-electron chi connectivity index (χ2n) is 8.44. The molecule has 0 radical (unpaired) electrons. The Kier molecular flexibility index (Phi) is 4.64. The number of piperidine rings is 1. The zero-order valence-corrected chi connectivity index (χ0v) is 14.3. The van der Waals surface area contributed by atoms with E-state index >= 15 is 0 Å². The third kappa shape index (κ3) is 3.74. The van der Waals surface area contributed by atoms with Gasteiger partial charge in [0.25, 0.3) is 0 Å². The number of nitrogens with one attached hydrogen (secondary N) is 1. The predicted octanol–water partition coefficient (Wildman–Crippen LogP) is 2.31. The Hall–Kier alpha value is -0.610. The fourth-order valence-electron chi connectivity index (χ4n) is 4.91. The van der Waals surface area contributed by atoms with Crippen molar-refractivity contribution in [2.24, 2.45) is 17.8 Å². The van der Waals surface area contributed by atoms with E-state index in [4.69, 9.17) is 0 Å². The SMILES string of the molecule is O=C(NC1CCN(C2CCCCC2O)CC1)C(C1CC1)C1CC1. The Bertz CT molecular complexity index is 413. The van der Waals surface area contributed by atoms with Crippen LogP contribution in [0.3, 0.4) is 0 Å². The molecule has 0 spiro atoms. The second-order valence-corrected chi connectivity index (χ2v) is 8.44. The number of carbonyl (C=O) groups excluding carboxylic acids is 1. The summed E-state index contributed by atoms with van der Waals surface area (Å²) in [5.74, 6) is 2.07. The summed E-state index contributed by atoms with van der Waals surface area (Å²) in [7, 11) is 0. The molecule has 1 heterocycles. The molecule has 2 atom stereocenters. The summed E-state index contributed by atoms with van der Waals surface area (Å²) in [6, 6.07) is 0.727. The summed E-state index contributed by atoms with van der Waals surface area (Å²) < 4.78 is 0. The molecule has 2 unspecified atom stereocenters. The van der Waals surface area contributed by atoms with Crippen molar-refractivity contribution in [1.82, 2.24) is 10.2 Å². The first kappa shape index (κ1) is 15.9. The van der Waals surface area contributed by atoms with Crippen LogP contribution in [0.15, 0.2) is 0 Å². The van der Waals surface area contributed by atoms with E-state index in [1.165, 1.54) is 38.5 Å². The Morgan fingerprint density at radius 3 is 2.09 bits per heavy atom. The lowest BCUT2D eigenvalue weighted by molar-refractivity contribution is -0.127. The average molecular weight is 320 g/mol. The fourth-order valence-corrected chi connectivity index (χ4v) is 4.91. The number of hydrogen-bond acceptors (Lipinski definition) is 3. The summed E-state index contributed by atoms with van der Waals surface area (Å²) in [6.45, 7) is 2.06. The van der Waals surface area contributed by atoms with Crippen molar-refractivity contribution in [1.29, 1.82) is 0 Å². The van der Waals surface area contributed by atoms with E-state index in [2.05, 4.69) is 10.2 Å². The molecule has 4 aliphatic rings. The molecule has 4 rings (SSSR count). The molecule has 1 amide bonds. The molecule has 23 heavy (non-hydrogen) atoms. The summed E-state index contributed by atoms with van der Waals surface area (Å²) in [4.78, 5) is 15.1. The first-order chi connectivity index (χ1) is 11.2. The Labute approximate surface area is 140 Å². The summed E-state index contributed by atoms with van der Waals surface area (Å²) in [6.07, 6.45) is 11.6. The van der Waals surface area contributed by atoms with Gasteiger partial charge in [0.1, 0.15) is 0 Å². The van der Waals surface area contributed by atoms with Gasteiger partial charge in [-0.3, -0.25) is 9.69 Å².